The molecule has 5 heteroatoms. The Labute approximate surface area is 173 Å². The number of carbonyl (C=O) groups excluding carboxylic acids is 2. The van der Waals surface area contributed by atoms with Crippen molar-refractivity contribution >= 4 is 23.2 Å². The maximum atomic E-state index is 12.1. The largest absolute Gasteiger partial charge is 0.372 e. The Morgan fingerprint density at radius 3 is 2.31 bits per heavy atom. The van der Waals surface area contributed by atoms with Crippen molar-refractivity contribution in [1.82, 2.24) is 5.32 Å². The van der Waals surface area contributed by atoms with Crippen molar-refractivity contribution in [3.63, 3.8) is 0 Å². The van der Waals surface area contributed by atoms with Gasteiger partial charge in [0.1, 0.15) is 0 Å². The van der Waals surface area contributed by atoms with Crippen molar-refractivity contribution in [2.24, 2.45) is 5.92 Å². The Bertz CT molecular complexity index is 797. The summed E-state index contributed by atoms with van der Waals surface area (Å²) in [5.74, 6) is 0.743. The summed E-state index contributed by atoms with van der Waals surface area (Å²) in [6, 6.07) is 17.8. The molecule has 29 heavy (non-hydrogen) atoms. The van der Waals surface area contributed by atoms with Gasteiger partial charge in [0, 0.05) is 44.5 Å². The van der Waals surface area contributed by atoms with E-state index in [2.05, 4.69) is 29.3 Å². The Morgan fingerprint density at radius 2 is 1.69 bits per heavy atom. The summed E-state index contributed by atoms with van der Waals surface area (Å²) in [6.45, 7) is 6.93. The number of hydrogen-bond acceptors (Lipinski definition) is 3. The van der Waals surface area contributed by atoms with Crippen LogP contribution in [-0.2, 0) is 16.0 Å². The minimum atomic E-state index is -0.0330. The Kier molecular flexibility index (Phi) is 7.28. The number of hydrogen-bond donors (Lipinski definition) is 1. The molecule has 0 aliphatic carbocycles. The molecule has 1 aliphatic rings. The molecule has 2 aromatic carbocycles. The summed E-state index contributed by atoms with van der Waals surface area (Å²) in [7, 11) is 0. The van der Waals surface area contributed by atoms with Gasteiger partial charge in [-0.15, -0.1) is 0 Å². The summed E-state index contributed by atoms with van der Waals surface area (Å²) in [4.78, 5) is 28.4. The van der Waals surface area contributed by atoms with Gasteiger partial charge in [-0.3, -0.25) is 9.59 Å². The molecule has 1 N–H and O–H groups in total. The first-order chi connectivity index (χ1) is 14.0. The van der Waals surface area contributed by atoms with Crippen molar-refractivity contribution in [2.45, 2.75) is 33.1 Å². The van der Waals surface area contributed by atoms with E-state index in [1.807, 2.05) is 42.5 Å². The van der Waals surface area contributed by atoms with Crippen LogP contribution in [0.4, 0.5) is 11.4 Å². The molecule has 2 aromatic rings. The zero-order valence-electron chi connectivity index (χ0n) is 17.4. The average Bonchev–Trinajstić information content (AvgIpc) is 2.72. The Hall–Kier alpha value is -2.82. The number of nitrogens with zero attached hydrogens (tertiary/aromatic N) is 2. The lowest BCUT2D eigenvalue weighted by Gasteiger charge is -2.32. The van der Waals surface area contributed by atoms with Crippen LogP contribution >= 0.6 is 0 Å². The Balaban J connectivity index is 1.52. The van der Waals surface area contributed by atoms with E-state index in [0.717, 1.165) is 30.3 Å². The molecular weight excluding hydrogens is 362 g/mol. The van der Waals surface area contributed by atoms with Crippen molar-refractivity contribution in [3.05, 3.63) is 60.2 Å². The van der Waals surface area contributed by atoms with Crippen LogP contribution in [0, 0.1) is 5.92 Å². The summed E-state index contributed by atoms with van der Waals surface area (Å²) in [5.41, 5.74) is 3.06. The summed E-state index contributed by atoms with van der Waals surface area (Å²) < 4.78 is 0. The third-order valence-electron chi connectivity index (χ3n) is 5.56. The van der Waals surface area contributed by atoms with Crippen molar-refractivity contribution in [1.29, 1.82) is 0 Å². The van der Waals surface area contributed by atoms with Crippen LogP contribution in [0.1, 0.15) is 32.3 Å². The van der Waals surface area contributed by atoms with Crippen LogP contribution < -0.4 is 15.1 Å². The van der Waals surface area contributed by atoms with E-state index in [9.17, 15) is 9.59 Å². The number of benzene rings is 2. The first-order valence-electron chi connectivity index (χ1n) is 10.5. The fourth-order valence-corrected chi connectivity index (χ4v) is 3.73. The quantitative estimate of drug-likeness (QED) is 0.781. The molecule has 1 fully saturated rings. The van der Waals surface area contributed by atoms with Gasteiger partial charge < -0.3 is 15.1 Å². The second-order valence-electron chi connectivity index (χ2n) is 7.87. The normalized spacial score (nSPS) is 14.5. The number of amides is 2. The molecule has 0 saturated carbocycles. The molecule has 1 aliphatic heterocycles. The molecule has 1 heterocycles. The van der Waals surface area contributed by atoms with Crippen LogP contribution in [0.5, 0.6) is 0 Å². The lowest BCUT2D eigenvalue weighted by molar-refractivity contribution is -0.121. The third kappa shape index (κ3) is 6.08. The van der Waals surface area contributed by atoms with Crippen LogP contribution in [-0.4, -0.2) is 38.0 Å². The van der Waals surface area contributed by atoms with E-state index in [1.165, 1.54) is 18.5 Å². The van der Waals surface area contributed by atoms with E-state index in [0.29, 0.717) is 19.5 Å². The van der Waals surface area contributed by atoms with E-state index >= 15 is 0 Å². The predicted molar refractivity (Wildman–Crippen MR) is 118 cm³/mol. The molecule has 154 valence electrons. The predicted octanol–water partition coefficient (Wildman–Crippen LogP) is 3.63. The fraction of sp³-hybridized carbons (Fsp3) is 0.417. The van der Waals surface area contributed by atoms with Gasteiger partial charge in [0.2, 0.25) is 11.8 Å². The molecule has 3 rings (SSSR count). The number of rotatable bonds is 7. The molecule has 1 saturated heterocycles. The molecule has 5 nitrogen and oxygen atoms in total. The van der Waals surface area contributed by atoms with Gasteiger partial charge in [0.25, 0.3) is 0 Å². The highest BCUT2D eigenvalue weighted by atomic mass is 16.2. The Morgan fingerprint density at radius 1 is 1.03 bits per heavy atom. The minimum absolute atomic E-state index is 0.0261. The number of piperidine rings is 1. The summed E-state index contributed by atoms with van der Waals surface area (Å²) in [6.07, 6.45) is 2.80. The fourth-order valence-electron chi connectivity index (χ4n) is 3.73. The third-order valence-corrected chi connectivity index (χ3v) is 5.56. The van der Waals surface area contributed by atoms with E-state index in [4.69, 9.17) is 0 Å². The SMILES string of the molecule is CC(=O)N(CCNC(=O)Cc1ccccc1)c1ccc(N2CCC(C)CC2)cc1. The summed E-state index contributed by atoms with van der Waals surface area (Å²) in [5, 5.41) is 2.91. The van der Waals surface area contributed by atoms with Crippen LogP contribution in [0.25, 0.3) is 0 Å². The lowest BCUT2D eigenvalue weighted by atomic mass is 9.99. The number of carbonyl (C=O) groups is 2. The van der Waals surface area contributed by atoms with Crippen LogP contribution in [0.15, 0.2) is 54.6 Å². The molecule has 0 spiro atoms. The standard InChI is InChI=1S/C24H31N3O2/c1-19-12-15-26(16-13-19)22-8-10-23(11-9-22)27(20(2)28)17-14-25-24(29)18-21-6-4-3-5-7-21/h3-11,19H,12-18H2,1-2H3,(H,25,29). The smallest absolute Gasteiger partial charge is 0.224 e. The maximum Gasteiger partial charge on any atom is 0.224 e. The molecule has 0 unspecified atom stereocenters. The zero-order valence-corrected chi connectivity index (χ0v) is 17.4. The second kappa shape index (κ2) is 10.1. The zero-order chi connectivity index (χ0) is 20.6. The van der Waals surface area contributed by atoms with Crippen molar-refractivity contribution < 1.29 is 9.59 Å². The van der Waals surface area contributed by atoms with Gasteiger partial charge in [-0.25, -0.2) is 0 Å². The molecular formula is C24H31N3O2. The summed E-state index contributed by atoms with van der Waals surface area (Å²) >= 11 is 0. The van der Waals surface area contributed by atoms with E-state index < -0.39 is 0 Å². The molecule has 0 atom stereocenters. The monoisotopic (exact) mass is 393 g/mol. The van der Waals surface area contributed by atoms with Crippen LogP contribution in [0.2, 0.25) is 0 Å². The van der Waals surface area contributed by atoms with E-state index in [1.54, 1.807) is 11.8 Å². The van der Waals surface area contributed by atoms with Crippen molar-refractivity contribution in [2.75, 3.05) is 36.0 Å². The first kappa shape index (κ1) is 20.9. The average molecular weight is 394 g/mol. The van der Waals surface area contributed by atoms with Gasteiger partial charge in [-0.05, 0) is 48.6 Å². The number of anilines is 2. The van der Waals surface area contributed by atoms with Gasteiger partial charge >= 0.3 is 0 Å². The molecule has 0 bridgehead atoms. The molecule has 0 radical (unpaired) electrons. The maximum absolute atomic E-state index is 12.1. The van der Waals surface area contributed by atoms with Gasteiger partial charge in [-0.2, -0.15) is 0 Å². The highest BCUT2D eigenvalue weighted by molar-refractivity contribution is 5.91. The van der Waals surface area contributed by atoms with Gasteiger partial charge in [0.05, 0.1) is 6.42 Å². The number of nitrogens with one attached hydrogen (secondary N) is 1. The topological polar surface area (TPSA) is 52.7 Å². The highest BCUT2D eigenvalue weighted by Gasteiger charge is 2.17. The molecule has 0 aromatic heterocycles. The molecule has 2 amide bonds. The van der Waals surface area contributed by atoms with E-state index in [-0.39, 0.29) is 11.8 Å². The van der Waals surface area contributed by atoms with Crippen LogP contribution in [0.3, 0.4) is 0 Å². The first-order valence-corrected chi connectivity index (χ1v) is 10.5. The van der Waals surface area contributed by atoms with Gasteiger partial charge in [0.15, 0.2) is 0 Å². The second-order valence-corrected chi connectivity index (χ2v) is 7.87. The minimum Gasteiger partial charge on any atom is -0.372 e. The van der Waals surface area contributed by atoms with Crippen molar-refractivity contribution in [3.8, 4) is 0 Å². The highest BCUT2D eigenvalue weighted by Crippen LogP contribution is 2.25. The van der Waals surface area contributed by atoms with Gasteiger partial charge in [-0.1, -0.05) is 37.3 Å². The lowest BCUT2D eigenvalue weighted by Crippen LogP contribution is -2.38.